The van der Waals surface area contributed by atoms with Crippen LogP contribution in [0.2, 0.25) is 0 Å². The largest absolute Gasteiger partial charge is 0.486 e. The van der Waals surface area contributed by atoms with Gasteiger partial charge in [0.15, 0.2) is 17.3 Å². The number of benzene rings is 2. The standard InChI is InChI=1S/C23H20N4O3/c1-14-3-2-8-24-22(14)16-5-6-18-17(13-16)23(27-26-18)25-21(28)12-15-4-7-19-20(11-15)30-10-9-29-19/h2-8,11,13H,9-10,12H2,1H3,(H2,25,26,27,28). The van der Waals surface area contributed by atoms with Crippen molar-refractivity contribution in [1.82, 2.24) is 15.2 Å². The summed E-state index contributed by atoms with van der Waals surface area (Å²) in [7, 11) is 0. The third-order valence-corrected chi connectivity index (χ3v) is 5.07. The van der Waals surface area contributed by atoms with Gasteiger partial charge in [0.05, 0.1) is 17.6 Å². The Kier molecular flexibility index (Phi) is 4.55. The molecule has 7 heteroatoms. The van der Waals surface area contributed by atoms with Gasteiger partial charge < -0.3 is 14.8 Å². The van der Waals surface area contributed by atoms with Crippen molar-refractivity contribution < 1.29 is 14.3 Å². The summed E-state index contributed by atoms with van der Waals surface area (Å²) in [5.74, 6) is 1.73. The molecule has 0 saturated carbocycles. The maximum atomic E-state index is 12.7. The van der Waals surface area contributed by atoms with Crippen LogP contribution in [0, 0.1) is 6.92 Å². The fourth-order valence-electron chi connectivity index (χ4n) is 3.60. The van der Waals surface area contributed by atoms with Crippen molar-refractivity contribution in [3.8, 4) is 22.8 Å². The second-order valence-electron chi connectivity index (χ2n) is 7.20. The van der Waals surface area contributed by atoms with Crippen molar-refractivity contribution in [3.63, 3.8) is 0 Å². The number of pyridine rings is 1. The van der Waals surface area contributed by atoms with Gasteiger partial charge in [0.25, 0.3) is 0 Å². The van der Waals surface area contributed by atoms with Gasteiger partial charge >= 0.3 is 0 Å². The number of nitrogens with one attached hydrogen (secondary N) is 2. The molecule has 3 heterocycles. The molecule has 0 unspecified atom stereocenters. The first-order valence-electron chi connectivity index (χ1n) is 9.76. The van der Waals surface area contributed by atoms with Gasteiger partial charge in [-0.1, -0.05) is 18.2 Å². The predicted octanol–water partition coefficient (Wildman–Crippen LogP) is 3.89. The molecule has 0 atom stereocenters. The van der Waals surface area contributed by atoms with E-state index in [4.69, 9.17) is 9.47 Å². The Balaban J connectivity index is 1.38. The summed E-state index contributed by atoms with van der Waals surface area (Å²) in [6.45, 7) is 3.08. The number of aromatic nitrogens is 3. The Bertz CT molecular complexity index is 1250. The van der Waals surface area contributed by atoms with Crippen LogP contribution < -0.4 is 14.8 Å². The molecular formula is C23H20N4O3. The summed E-state index contributed by atoms with van der Waals surface area (Å²) in [6, 6.07) is 15.4. The molecule has 2 aromatic carbocycles. The smallest absolute Gasteiger partial charge is 0.230 e. The first-order valence-corrected chi connectivity index (χ1v) is 9.76. The Morgan fingerprint density at radius 2 is 1.97 bits per heavy atom. The van der Waals surface area contributed by atoms with Gasteiger partial charge in [-0.15, -0.1) is 0 Å². The summed E-state index contributed by atoms with van der Waals surface area (Å²) < 4.78 is 11.1. The molecular weight excluding hydrogens is 380 g/mol. The van der Waals surface area contributed by atoms with Crippen molar-refractivity contribution in [2.24, 2.45) is 0 Å². The van der Waals surface area contributed by atoms with Crippen LogP contribution in [0.25, 0.3) is 22.2 Å². The number of nitrogens with zero attached hydrogens (tertiary/aromatic N) is 2. The van der Waals surface area contributed by atoms with Crippen LogP contribution in [0.15, 0.2) is 54.7 Å². The van der Waals surface area contributed by atoms with Gasteiger partial charge in [-0.25, -0.2) is 0 Å². The number of rotatable bonds is 4. The number of hydrogen-bond acceptors (Lipinski definition) is 5. The zero-order valence-corrected chi connectivity index (χ0v) is 16.4. The summed E-state index contributed by atoms with van der Waals surface area (Å²) in [4.78, 5) is 17.1. The van der Waals surface area contributed by atoms with E-state index >= 15 is 0 Å². The zero-order chi connectivity index (χ0) is 20.5. The van der Waals surface area contributed by atoms with E-state index in [1.54, 1.807) is 6.20 Å². The second-order valence-corrected chi connectivity index (χ2v) is 7.20. The fraction of sp³-hybridized carbons (Fsp3) is 0.174. The molecule has 0 radical (unpaired) electrons. The second kappa shape index (κ2) is 7.51. The lowest BCUT2D eigenvalue weighted by molar-refractivity contribution is -0.115. The summed E-state index contributed by atoms with van der Waals surface area (Å²) in [6.07, 6.45) is 1.99. The third kappa shape index (κ3) is 3.45. The van der Waals surface area contributed by atoms with E-state index in [9.17, 15) is 4.79 Å². The number of fused-ring (bicyclic) bond motifs is 2. The summed E-state index contributed by atoms with van der Waals surface area (Å²) in [5.41, 5.74) is 4.67. The van der Waals surface area contributed by atoms with Crippen LogP contribution in [-0.2, 0) is 11.2 Å². The molecule has 1 aliphatic rings. The van der Waals surface area contributed by atoms with Gasteiger partial charge in [0.1, 0.15) is 13.2 Å². The Morgan fingerprint density at radius 3 is 2.83 bits per heavy atom. The van der Waals surface area contributed by atoms with E-state index in [0.29, 0.717) is 30.5 Å². The Morgan fingerprint density at radius 1 is 1.10 bits per heavy atom. The van der Waals surface area contributed by atoms with Gasteiger partial charge in [-0.05, 0) is 48.4 Å². The SMILES string of the molecule is Cc1cccnc1-c1ccc2[nH]nc(NC(=O)Cc3ccc4c(c3)OCCO4)c2c1. The lowest BCUT2D eigenvalue weighted by Crippen LogP contribution is -2.17. The van der Waals surface area contributed by atoms with Crippen LogP contribution in [0.4, 0.5) is 5.82 Å². The number of anilines is 1. The molecule has 0 saturated heterocycles. The summed E-state index contributed by atoms with van der Waals surface area (Å²) in [5, 5.41) is 11.0. The van der Waals surface area contributed by atoms with E-state index in [0.717, 1.165) is 33.3 Å². The van der Waals surface area contributed by atoms with Crippen molar-refractivity contribution in [3.05, 3.63) is 65.9 Å². The van der Waals surface area contributed by atoms with Crippen molar-refractivity contribution in [2.75, 3.05) is 18.5 Å². The van der Waals surface area contributed by atoms with E-state index in [1.807, 2.05) is 55.5 Å². The molecule has 2 aromatic heterocycles. The third-order valence-electron chi connectivity index (χ3n) is 5.07. The Hall–Kier alpha value is -3.87. The minimum Gasteiger partial charge on any atom is -0.486 e. The first kappa shape index (κ1) is 18.2. The van der Waals surface area contributed by atoms with E-state index in [-0.39, 0.29) is 12.3 Å². The fourth-order valence-corrected chi connectivity index (χ4v) is 3.60. The van der Waals surface area contributed by atoms with Crippen LogP contribution in [0.3, 0.4) is 0 Å². The van der Waals surface area contributed by atoms with Gasteiger partial charge in [0.2, 0.25) is 5.91 Å². The van der Waals surface area contributed by atoms with Crippen molar-refractivity contribution in [1.29, 1.82) is 0 Å². The monoisotopic (exact) mass is 400 g/mol. The topological polar surface area (TPSA) is 89.1 Å². The highest BCUT2D eigenvalue weighted by Crippen LogP contribution is 2.31. The minimum absolute atomic E-state index is 0.153. The van der Waals surface area contributed by atoms with Crippen LogP contribution in [0.1, 0.15) is 11.1 Å². The van der Waals surface area contributed by atoms with Gasteiger partial charge in [-0.3, -0.25) is 14.9 Å². The number of aryl methyl sites for hydroxylation is 1. The first-order chi connectivity index (χ1) is 14.7. The number of H-pyrrole nitrogens is 1. The zero-order valence-electron chi connectivity index (χ0n) is 16.4. The highest BCUT2D eigenvalue weighted by atomic mass is 16.6. The molecule has 0 aliphatic carbocycles. The quantitative estimate of drug-likeness (QED) is 0.543. The lowest BCUT2D eigenvalue weighted by atomic mass is 10.0. The summed E-state index contributed by atoms with van der Waals surface area (Å²) >= 11 is 0. The average Bonchev–Trinajstić information content (AvgIpc) is 3.16. The van der Waals surface area contributed by atoms with Gasteiger partial charge in [0, 0.05) is 17.1 Å². The molecule has 0 spiro atoms. The maximum absolute atomic E-state index is 12.7. The number of hydrogen-bond donors (Lipinski definition) is 2. The Labute approximate surface area is 173 Å². The van der Waals surface area contributed by atoms with Gasteiger partial charge in [-0.2, -0.15) is 5.10 Å². The molecule has 5 rings (SSSR count). The lowest BCUT2D eigenvalue weighted by Gasteiger charge is -2.18. The number of amides is 1. The van der Waals surface area contributed by atoms with Crippen molar-refractivity contribution in [2.45, 2.75) is 13.3 Å². The average molecular weight is 400 g/mol. The van der Waals surface area contributed by atoms with Crippen molar-refractivity contribution >= 4 is 22.6 Å². The highest BCUT2D eigenvalue weighted by Gasteiger charge is 2.15. The normalized spacial score (nSPS) is 12.7. The minimum atomic E-state index is -0.153. The number of aromatic amines is 1. The van der Waals surface area contributed by atoms with Crippen LogP contribution in [0.5, 0.6) is 11.5 Å². The number of carbonyl (C=O) groups excluding carboxylic acids is 1. The molecule has 0 bridgehead atoms. The maximum Gasteiger partial charge on any atom is 0.230 e. The van der Waals surface area contributed by atoms with Crippen LogP contribution >= 0.6 is 0 Å². The molecule has 150 valence electrons. The van der Waals surface area contributed by atoms with E-state index < -0.39 is 0 Å². The molecule has 1 aliphatic heterocycles. The van der Waals surface area contributed by atoms with E-state index in [2.05, 4.69) is 20.5 Å². The van der Waals surface area contributed by atoms with Crippen LogP contribution in [-0.4, -0.2) is 34.3 Å². The predicted molar refractivity (Wildman–Crippen MR) is 114 cm³/mol. The molecule has 30 heavy (non-hydrogen) atoms. The molecule has 2 N–H and O–H groups in total. The highest BCUT2D eigenvalue weighted by molar-refractivity contribution is 6.01. The molecule has 4 aromatic rings. The van der Waals surface area contributed by atoms with E-state index in [1.165, 1.54) is 0 Å². The number of carbonyl (C=O) groups is 1. The molecule has 1 amide bonds. The number of ether oxygens (including phenoxy) is 2. The molecule has 7 nitrogen and oxygen atoms in total. The molecule has 0 fully saturated rings.